The van der Waals surface area contributed by atoms with Gasteiger partial charge in [0.2, 0.25) is 5.88 Å². The Morgan fingerprint density at radius 2 is 1.52 bits per heavy atom. The second-order valence-corrected chi connectivity index (χ2v) is 5.32. The number of aromatic nitrogens is 2. The van der Waals surface area contributed by atoms with E-state index >= 15 is 0 Å². The Kier molecular flexibility index (Phi) is 5.02. The summed E-state index contributed by atoms with van der Waals surface area (Å²) in [6.07, 6.45) is -4.43. The van der Waals surface area contributed by atoms with E-state index in [2.05, 4.69) is 9.97 Å². The average molecular weight is 377 g/mol. The van der Waals surface area contributed by atoms with E-state index in [-0.39, 0.29) is 23.5 Å². The van der Waals surface area contributed by atoms with E-state index in [0.29, 0.717) is 11.5 Å². The van der Waals surface area contributed by atoms with Gasteiger partial charge in [0.1, 0.15) is 23.1 Å². The van der Waals surface area contributed by atoms with Crippen molar-refractivity contribution >= 4 is 5.82 Å². The zero-order valence-corrected chi connectivity index (χ0v) is 14.0. The zero-order valence-electron chi connectivity index (χ0n) is 14.0. The molecule has 0 saturated carbocycles. The summed E-state index contributed by atoms with van der Waals surface area (Å²) in [7, 11) is 1.40. The van der Waals surface area contributed by atoms with E-state index in [1.807, 2.05) is 0 Å². The zero-order chi connectivity index (χ0) is 19.4. The molecule has 0 bridgehead atoms. The molecule has 1 heterocycles. The Balaban J connectivity index is 1.72. The lowest BCUT2D eigenvalue weighted by molar-refractivity contribution is -0.137. The van der Waals surface area contributed by atoms with Gasteiger partial charge in [0, 0.05) is 6.07 Å². The van der Waals surface area contributed by atoms with Gasteiger partial charge < -0.3 is 19.9 Å². The molecule has 0 spiro atoms. The number of hydrogen-bond acceptors (Lipinski definition) is 6. The summed E-state index contributed by atoms with van der Waals surface area (Å²) < 4.78 is 54.2. The van der Waals surface area contributed by atoms with Crippen LogP contribution in [0.2, 0.25) is 0 Å². The van der Waals surface area contributed by atoms with E-state index in [4.69, 9.17) is 19.9 Å². The van der Waals surface area contributed by atoms with E-state index in [9.17, 15) is 13.2 Å². The minimum atomic E-state index is -4.43. The van der Waals surface area contributed by atoms with Gasteiger partial charge in [-0.05, 0) is 42.5 Å². The fraction of sp³-hybridized carbons (Fsp3) is 0.111. The number of ether oxygens (including phenoxy) is 3. The molecule has 0 atom stereocenters. The summed E-state index contributed by atoms with van der Waals surface area (Å²) in [5, 5.41) is 0. The van der Waals surface area contributed by atoms with Crippen LogP contribution in [0.25, 0.3) is 0 Å². The molecule has 0 amide bonds. The molecule has 2 N–H and O–H groups in total. The molecule has 0 aliphatic rings. The van der Waals surface area contributed by atoms with Gasteiger partial charge in [-0.2, -0.15) is 23.1 Å². The molecule has 3 aromatic rings. The van der Waals surface area contributed by atoms with Crippen LogP contribution >= 0.6 is 0 Å². The third-order valence-electron chi connectivity index (χ3n) is 3.33. The van der Waals surface area contributed by atoms with Gasteiger partial charge in [0.25, 0.3) is 0 Å². The fourth-order valence-electron chi connectivity index (χ4n) is 2.13. The predicted molar refractivity (Wildman–Crippen MR) is 91.0 cm³/mol. The van der Waals surface area contributed by atoms with E-state index in [1.54, 1.807) is 24.3 Å². The average Bonchev–Trinajstić information content (AvgIpc) is 2.62. The van der Waals surface area contributed by atoms with Crippen LogP contribution in [0.5, 0.6) is 29.1 Å². The summed E-state index contributed by atoms with van der Waals surface area (Å²) in [5.41, 5.74) is 4.85. The number of rotatable bonds is 5. The lowest BCUT2D eigenvalue weighted by Gasteiger charge is -2.11. The van der Waals surface area contributed by atoms with Gasteiger partial charge in [-0.3, -0.25) is 0 Å². The lowest BCUT2D eigenvalue weighted by atomic mass is 10.2. The highest BCUT2D eigenvalue weighted by Gasteiger charge is 2.30. The number of nitrogens with two attached hydrogens (primary N) is 1. The van der Waals surface area contributed by atoms with Crippen LogP contribution < -0.4 is 19.9 Å². The molecule has 0 saturated heterocycles. The molecule has 0 unspecified atom stereocenters. The molecule has 0 aliphatic heterocycles. The van der Waals surface area contributed by atoms with Crippen LogP contribution in [0.15, 0.2) is 54.6 Å². The number of benzene rings is 2. The molecule has 0 aliphatic carbocycles. The Labute approximate surface area is 152 Å². The first-order valence-electron chi connectivity index (χ1n) is 7.65. The van der Waals surface area contributed by atoms with Gasteiger partial charge in [-0.15, -0.1) is 0 Å². The Morgan fingerprint density at radius 1 is 0.852 bits per heavy atom. The topological polar surface area (TPSA) is 79.5 Å². The van der Waals surface area contributed by atoms with Crippen LogP contribution in [0.3, 0.4) is 0 Å². The number of anilines is 1. The molecule has 140 valence electrons. The molecule has 0 fully saturated rings. The van der Waals surface area contributed by atoms with Crippen molar-refractivity contribution in [1.29, 1.82) is 0 Å². The number of hydrogen-bond donors (Lipinski definition) is 1. The van der Waals surface area contributed by atoms with Crippen LogP contribution in [-0.2, 0) is 6.18 Å². The fourth-order valence-corrected chi connectivity index (χ4v) is 2.13. The smallest absolute Gasteiger partial charge is 0.416 e. The van der Waals surface area contributed by atoms with Crippen molar-refractivity contribution in [3.63, 3.8) is 0 Å². The van der Waals surface area contributed by atoms with Gasteiger partial charge in [-0.1, -0.05) is 6.07 Å². The first kappa shape index (κ1) is 18.3. The lowest BCUT2D eigenvalue weighted by Crippen LogP contribution is -2.04. The van der Waals surface area contributed by atoms with E-state index in [1.165, 1.54) is 25.3 Å². The van der Waals surface area contributed by atoms with Crippen LogP contribution in [0.1, 0.15) is 5.56 Å². The normalized spacial score (nSPS) is 11.1. The van der Waals surface area contributed by atoms with E-state index in [0.717, 1.165) is 12.1 Å². The molecule has 1 aromatic heterocycles. The molecular weight excluding hydrogens is 363 g/mol. The third kappa shape index (κ3) is 4.78. The van der Waals surface area contributed by atoms with E-state index < -0.39 is 11.7 Å². The van der Waals surface area contributed by atoms with Crippen molar-refractivity contribution in [2.45, 2.75) is 6.18 Å². The second-order valence-electron chi connectivity index (χ2n) is 5.32. The monoisotopic (exact) mass is 377 g/mol. The SMILES string of the molecule is COc1nc(N)cc(Oc2ccc(Oc3cccc(C(F)(F)F)c3)cc2)n1. The molecule has 2 aromatic carbocycles. The molecular formula is C18H14F3N3O3. The molecule has 6 nitrogen and oxygen atoms in total. The van der Waals surface area contributed by atoms with Crippen molar-refractivity contribution in [2.24, 2.45) is 0 Å². The largest absolute Gasteiger partial charge is 0.467 e. The summed E-state index contributed by atoms with van der Waals surface area (Å²) in [6.45, 7) is 0. The van der Waals surface area contributed by atoms with Gasteiger partial charge >= 0.3 is 12.2 Å². The maximum Gasteiger partial charge on any atom is 0.416 e. The van der Waals surface area contributed by atoms with Crippen molar-refractivity contribution in [3.8, 4) is 29.1 Å². The third-order valence-corrected chi connectivity index (χ3v) is 3.33. The van der Waals surface area contributed by atoms with Gasteiger partial charge in [0.15, 0.2) is 0 Å². The standard InChI is InChI=1S/C18H14F3N3O3/c1-25-17-23-15(22)10-16(24-17)27-13-7-5-12(6-8-13)26-14-4-2-3-11(9-14)18(19,20)21/h2-10H,1H3,(H2,22,23,24). The molecule has 3 rings (SSSR count). The number of alkyl halides is 3. The minimum absolute atomic E-state index is 0.0644. The second kappa shape index (κ2) is 7.40. The minimum Gasteiger partial charge on any atom is -0.467 e. The predicted octanol–water partition coefficient (Wildman–Crippen LogP) is 4.67. The van der Waals surface area contributed by atoms with Crippen molar-refractivity contribution in [1.82, 2.24) is 9.97 Å². The van der Waals surface area contributed by atoms with Crippen molar-refractivity contribution < 1.29 is 27.4 Å². The first-order valence-corrected chi connectivity index (χ1v) is 7.65. The number of nitrogen functional groups attached to an aromatic ring is 1. The van der Waals surface area contributed by atoms with Crippen molar-refractivity contribution in [2.75, 3.05) is 12.8 Å². The highest BCUT2D eigenvalue weighted by Crippen LogP contribution is 2.33. The summed E-state index contributed by atoms with van der Waals surface area (Å²) in [5.74, 6) is 1.21. The highest BCUT2D eigenvalue weighted by molar-refractivity contribution is 5.40. The maximum atomic E-state index is 12.7. The number of methoxy groups -OCH3 is 1. The highest BCUT2D eigenvalue weighted by atomic mass is 19.4. The number of nitrogens with zero attached hydrogens (tertiary/aromatic N) is 2. The van der Waals surface area contributed by atoms with Gasteiger partial charge in [0.05, 0.1) is 12.7 Å². The summed E-state index contributed by atoms with van der Waals surface area (Å²) >= 11 is 0. The Morgan fingerprint density at radius 3 is 2.15 bits per heavy atom. The Hall–Kier alpha value is -3.49. The maximum absolute atomic E-state index is 12.7. The summed E-state index contributed by atoms with van der Waals surface area (Å²) in [6, 6.07) is 12.4. The van der Waals surface area contributed by atoms with Crippen LogP contribution in [0.4, 0.5) is 19.0 Å². The van der Waals surface area contributed by atoms with Crippen LogP contribution in [0, 0.1) is 0 Å². The summed E-state index contributed by atoms with van der Waals surface area (Å²) in [4.78, 5) is 7.84. The van der Waals surface area contributed by atoms with Crippen molar-refractivity contribution in [3.05, 3.63) is 60.2 Å². The molecule has 0 radical (unpaired) electrons. The molecule has 9 heteroatoms. The first-order chi connectivity index (χ1) is 12.8. The van der Waals surface area contributed by atoms with Gasteiger partial charge in [-0.25, -0.2) is 0 Å². The molecule has 27 heavy (non-hydrogen) atoms. The Bertz CT molecular complexity index is 931. The number of halogens is 3. The quantitative estimate of drug-likeness (QED) is 0.696. The van der Waals surface area contributed by atoms with Crippen LogP contribution in [-0.4, -0.2) is 17.1 Å².